The number of carbonyl (C=O) groups excluding carboxylic acids is 2. The topological polar surface area (TPSA) is 70.6 Å². The summed E-state index contributed by atoms with van der Waals surface area (Å²) in [4.78, 5) is 23.3. The molecule has 0 atom stereocenters. The number of nitrogens with zero attached hydrogens (tertiary/aromatic N) is 1. The maximum atomic E-state index is 12.7. The molecule has 2 aromatic rings. The van der Waals surface area contributed by atoms with Crippen molar-refractivity contribution in [3.05, 3.63) is 66.0 Å². The van der Waals surface area contributed by atoms with Gasteiger partial charge in [-0.25, -0.2) is 9.82 Å². The molecule has 0 saturated carbocycles. The predicted octanol–water partition coefficient (Wildman–Crippen LogP) is 2.69. The molecule has 118 valence electrons. The molecule has 0 aromatic heterocycles. The van der Waals surface area contributed by atoms with Crippen LogP contribution in [0.2, 0.25) is 0 Å². The molecule has 0 aliphatic rings. The fraction of sp³-hybridized carbons (Fsp3) is 0.118. The highest BCUT2D eigenvalue weighted by Crippen LogP contribution is 2.06. The van der Waals surface area contributed by atoms with E-state index in [1.807, 2.05) is 18.2 Å². The molecule has 2 N–H and O–H groups in total. The number of benzene rings is 2. The lowest BCUT2D eigenvalue weighted by Gasteiger charge is -2.04. The van der Waals surface area contributed by atoms with Crippen molar-refractivity contribution >= 4 is 23.7 Å². The van der Waals surface area contributed by atoms with Crippen LogP contribution in [-0.4, -0.2) is 18.0 Å². The van der Waals surface area contributed by atoms with Crippen LogP contribution in [0.4, 0.5) is 10.1 Å². The Bertz CT molecular complexity index is 685. The summed E-state index contributed by atoms with van der Waals surface area (Å²) in [5.74, 6) is -0.948. The molecular weight excluding hydrogens is 297 g/mol. The smallest absolute Gasteiger partial charge is 0.240 e. The molecule has 5 nitrogen and oxygen atoms in total. The highest BCUT2D eigenvalue weighted by molar-refractivity contribution is 5.93. The molecule has 0 radical (unpaired) electrons. The Morgan fingerprint density at radius 1 is 0.957 bits per heavy atom. The first kappa shape index (κ1) is 16.4. The SMILES string of the molecule is O=C(CCC(=O)Nc1ccccc1)NN=Cc1ccc(F)cc1. The summed E-state index contributed by atoms with van der Waals surface area (Å²) in [7, 11) is 0. The summed E-state index contributed by atoms with van der Waals surface area (Å²) < 4.78 is 12.7. The van der Waals surface area contributed by atoms with Crippen molar-refractivity contribution in [2.75, 3.05) is 5.32 Å². The van der Waals surface area contributed by atoms with Crippen LogP contribution in [0.15, 0.2) is 59.7 Å². The fourth-order valence-electron chi connectivity index (χ4n) is 1.76. The van der Waals surface area contributed by atoms with Gasteiger partial charge < -0.3 is 5.32 Å². The molecule has 0 saturated heterocycles. The van der Waals surface area contributed by atoms with Gasteiger partial charge in [0.15, 0.2) is 0 Å². The molecule has 2 rings (SSSR count). The zero-order valence-electron chi connectivity index (χ0n) is 12.3. The van der Waals surface area contributed by atoms with E-state index in [0.29, 0.717) is 11.3 Å². The molecule has 2 amide bonds. The molecule has 0 fully saturated rings. The van der Waals surface area contributed by atoms with Crippen LogP contribution in [0.25, 0.3) is 0 Å². The van der Waals surface area contributed by atoms with Crippen molar-refractivity contribution < 1.29 is 14.0 Å². The van der Waals surface area contributed by atoms with Crippen LogP contribution in [0, 0.1) is 5.82 Å². The molecule has 0 unspecified atom stereocenters. The first-order chi connectivity index (χ1) is 11.1. The second-order valence-electron chi connectivity index (χ2n) is 4.76. The molecule has 0 aliphatic heterocycles. The van der Waals surface area contributed by atoms with Crippen LogP contribution < -0.4 is 10.7 Å². The molecule has 6 heteroatoms. The number of amides is 2. The van der Waals surface area contributed by atoms with E-state index in [1.165, 1.54) is 30.5 Å². The van der Waals surface area contributed by atoms with Crippen molar-refractivity contribution in [2.24, 2.45) is 5.10 Å². The molecule has 23 heavy (non-hydrogen) atoms. The zero-order chi connectivity index (χ0) is 16.5. The third-order valence-corrected chi connectivity index (χ3v) is 2.91. The van der Waals surface area contributed by atoms with Gasteiger partial charge in [-0.3, -0.25) is 9.59 Å². The third-order valence-electron chi connectivity index (χ3n) is 2.91. The number of hydrogen-bond acceptors (Lipinski definition) is 3. The minimum atomic E-state index is -0.369. The Kier molecular flexibility index (Phi) is 5.99. The van der Waals surface area contributed by atoms with E-state index in [0.717, 1.165) is 0 Å². The fourth-order valence-corrected chi connectivity index (χ4v) is 1.76. The minimum absolute atomic E-state index is 0.0272. The Morgan fingerprint density at radius 3 is 2.30 bits per heavy atom. The molecule has 0 spiro atoms. The quantitative estimate of drug-likeness (QED) is 0.636. The Hall–Kier alpha value is -3.02. The number of hydrogen-bond donors (Lipinski definition) is 2. The first-order valence-electron chi connectivity index (χ1n) is 7.06. The van der Waals surface area contributed by atoms with Crippen molar-refractivity contribution in [3.63, 3.8) is 0 Å². The van der Waals surface area contributed by atoms with Gasteiger partial charge in [-0.2, -0.15) is 5.10 Å². The van der Waals surface area contributed by atoms with Crippen molar-refractivity contribution in [3.8, 4) is 0 Å². The van der Waals surface area contributed by atoms with Gasteiger partial charge in [0.25, 0.3) is 0 Å². The number of nitrogens with one attached hydrogen (secondary N) is 2. The summed E-state index contributed by atoms with van der Waals surface area (Å²) in [6.45, 7) is 0. The van der Waals surface area contributed by atoms with Crippen LogP contribution in [0.5, 0.6) is 0 Å². The van der Waals surface area contributed by atoms with Gasteiger partial charge in [0.1, 0.15) is 5.82 Å². The molecule has 0 heterocycles. The van der Waals surface area contributed by atoms with Gasteiger partial charge in [0, 0.05) is 18.5 Å². The van der Waals surface area contributed by atoms with Crippen LogP contribution in [0.3, 0.4) is 0 Å². The number of para-hydroxylation sites is 1. The first-order valence-corrected chi connectivity index (χ1v) is 7.06. The third kappa shape index (κ3) is 6.09. The molecule has 0 aliphatic carbocycles. The van der Waals surface area contributed by atoms with Crippen LogP contribution in [0.1, 0.15) is 18.4 Å². The number of rotatable bonds is 6. The minimum Gasteiger partial charge on any atom is -0.326 e. The summed E-state index contributed by atoms with van der Waals surface area (Å²) in [6.07, 6.45) is 1.49. The summed E-state index contributed by atoms with van der Waals surface area (Å²) in [5.41, 5.74) is 3.67. The van der Waals surface area contributed by atoms with Crippen molar-refractivity contribution in [1.29, 1.82) is 0 Å². The van der Waals surface area contributed by atoms with E-state index in [9.17, 15) is 14.0 Å². The number of hydrazone groups is 1. The van der Waals surface area contributed by atoms with E-state index in [-0.39, 0.29) is 30.5 Å². The highest BCUT2D eigenvalue weighted by atomic mass is 19.1. The second-order valence-corrected chi connectivity index (χ2v) is 4.76. The van der Waals surface area contributed by atoms with Gasteiger partial charge in [-0.1, -0.05) is 30.3 Å². The van der Waals surface area contributed by atoms with Gasteiger partial charge in [-0.15, -0.1) is 0 Å². The van der Waals surface area contributed by atoms with E-state index in [4.69, 9.17) is 0 Å². The Labute approximate surface area is 133 Å². The summed E-state index contributed by atoms with van der Waals surface area (Å²) in [6, 6.07) is 14.7. The zero-order valence-corrected chi connectivity index (χ0v) is 12.3. The lowest BCUT2D eigenvalue weighted by molar-refractivity contribution is -0.124. The van der Waals surface area contributed by atoms with Gasteiger partial charge >= 0.3 is 0 Å². The summed E-state index contributed by atoms with van der Waals surface area (Å²) >= 11 is 0. The van der Waals surface area contributed by atoms with Crippen LogP contribution >= 0.6 is 0 Å². The van der Waals surface area contributed by atoms with E-state index in [2.05, 4.69) is 15.8 Å². The molecular formula is C17H16FN3O2. The Balaban J connectivity index is 1.70. The average Bonchev–Trinajstić information content (AvgIpc) is 2.56. The van der Waals surface area contributed by atoms with Crippen molar-refractivity contribution in [2.45, 2.75) is 12.8 Å². The van der Waals surface area contributed by atoms with E-state index in [1.54, 1.807) is 12.1 Å². The second kappa shape index (κ2) is 8.43. The lowest BCUT2D eigenvalue weighted by Crippen LogP contribution is -2.20. The number of anilines is 1. The largest absolute Gasteiger partial charge is 0.326 e. The van der Waals surface area contributed by atoms with Crippen molar-refractivity contribution in [1.82, 2.24) is 5.43 Å². The molecule has 0 bridgehead atoms. The maximum absolute atomic E-state index is 12.7. The van der Waals surface area contributed by atoms with E-state index < -0.39 is 0 Å². The monoisotopic (exact) mass is 313 g/mol. The van der Waals surface area contributed by atoms with Gasteiger partial charge in [-0.05, 0) is 29.8 Å². The maximum Gasteiger partial charge on any atom is 0.240 e. The van der Waals surface area contributed by atoms with Gasteiger partial charge in [0.2, 0.25) is 11.8 Å². The molecule has 2 aromatic carbocycles. The average molecular weight is 313 g/mol. The van der Waals surface area contributed by atoms with Gasteiger partial charge in [0.05, 0.1) is 6.21 Å². The predicted molar refractivity (Wildman–Crippen MR) is 86.4 cm³/mol. The Morgan fingerprint density at radius 2 is 1.61 bits per heavy atom. The lowest BCUT2D eigenvalue weighted by atomic mass is 10.2. The number of carbonyl (C=O) groups is 2. The number of halogens is 1. The summed E-state index contributed by atoms with van der Waals surface area (Å²) in [5, 5.41) is 6.45. The highest BCUT2D eigenvalue weighted by Gasteiger charge is 2.06. The normalized spacial score (nSPS) is 10.5. The standard InChI is InChI=1S/C17H16FN3O2/c18-14-8-6-13(7-9-14)12-19-21-17(23)11-10-16(22)20-15-4-2-1-3-5-15/h1-9,12H,10-11H2,(H,20,22)(H,21,23). The van der Waals surface area contributed by atoms with E-state index >= 15 is 0 Å². The van der Waals surface area contributed by atoms with Crippen LogP contribution in [-0.2, 0) is 9.59 Å².